The highest BCUT2D eigenvalue weighted by atomic mass is 19.4. The van der Waals surface area contributed by atoms with Gasteiger partial charge in [0, 0.05) is 6.04 Å². The number of amides is 1. The largest absolute Gasteiger partial charge is 0.456 e. The van der Waals surface area contributed by atoms with E-state index in [1.54, 1.807) is 0 Å². The van der Waals surface area contributed by atoms with Crippen molar-refractivity contribution in [3.63, 3.8) is 0 Å². The second-order valence-corrected chi connectivity index (χ2v) is 5.98. The molecule has 0 saturated heterocycles. The highest BCUT2D eigenvalue weighted by Crippen LogP contribution is 2.26. The second kappa shape index (κ2) is 8.73. The molecule has 1 aromatic rings. The van der Waals surface area contributed by atoms with Crippen LogP contribution in [0.5, 0.6) is 0 Å². The second-order valence-electron chi connectivity index (χ2n) is 5.98. The van der Waals surface area contributed by atoms with Gasteiger partial charge in [0.1, 0.15) is 6.61 Å². The standard InChI is InChI=1S/C17H20F3NO4/c18-17(19,20)11-25-15(22)13-6-8-14(9-7-13)21-16(23)24-10-12-4-2-1-3-5-12/h1-5,13-14H,6-11H2,(H,21,23). The molecule has 1 N–H and O–H groups in total. The lowest BCUT2D eigenvalue weighted by Gasteiger charge is -2.27. The van der Waals surface area contributed by atoms with Gasteiger partial charge in [-0.3, -0.25) is 4.79 Å². The molecule has 138 valence electrons. The number of esters is 1. The Bertz CT molecular complexity index is 569. The summed E-state index contributed by atoms with van der Waals surface area (Å²) in [6, 6.07) is 9.07. The molecule has 1 saturated carbocycles. The number of alkyl carbamates (subject to hydrolysis) is 1. The van der Waals surface area contributed by atoms with E-state index in [9.17, 15) is 22.8 Å². The van der Waals surface area contributed by atoms with E-state index in [0.29, 0.717) is 25.7 Å². The van der Waals surface area contributed by atoms with Gasteiger partial charge in [-0.1, -0.05) is 30.3 Å². The number of carbonyl (C=O) groups excluding carboxylic acids is 2. The van der Waals surface area contributed by atoms with Crippen LogP contribution in [0.15, 0.2) is 30.3 Å². The Morgan fingerprint density at radius 3 is 2.28 bits per heavy atom. The first kappa shape index (κ1) is 19.1. The Balaban J connectivity index is 1.66. The molecule has 1 aromatic carbocycles. The summed E-state index contributed by atoms with van der Waals surface area (Å²) in [5, 5.41) is 2.71. The van der Waals surface area contributed by atoms with Crippen LogP contribution in [0, 0.1) is 5.92 Å². The third-order valence-electron chi connectivity index (χ3n) is 3.97. The summed E-state index contributed by atoms with van der Waals surface area (Å²) in [6.07, 6.45) is -3.33. The van der Waals surface area contributed by atoms with Gasteiger partial charge in [-0.25, -0.2) is 4.79 Å². The van der Waals surface area contributed by atoms with E-state index >= 15 is 0 Å². The third-order valence-corrected chi connectivity index (χ3v) is 3.97. The summed E-state index contributed by atoms with van der Waals surface area (Å²) in [5.41, 5.74) is 0.869. The van der Waals surface area contributed by atoms with E-state index in [0.717, 1.165) is 5.56 Å². The molecule has 2 rings (SSSR count). The third kappa shape index (κ3) is 7.03. The number of benzene rings is 1. The van der Waals surface area contributed by atoms with Crippen LogP contribution < -0.4 is 5.32 Å². The van der Waals surface area contributed by atoms with Crippen LogP contribution >= 0.6 is 0 Å². The Hall–Kier alpha value is -2.25. The molecular weight excluding hydrogens is 339 g/mol. The summed E-state index contributed by atoms with van der Waals surface area (Å²) >= 11 is 0. The van der Waals surface area contributed by atoms with Gasteiger partial charge in [0.05, 0.1) is 5.92 Å². The maximum Gasteiger partial charge on any atom is 0.422 e. The molecule has 8 heteroatoms. The van der Waals surface area contributed by atoms with Crippen molar-refractivity contribution in [1.82, 2.24) is 5.32 Å². The van der Waals surface area contributed by atoms with Gasteiger partial charge in [-0.05, 0) is 31.2 Å². The zero-order valence-electron chi connectivity index (χ0n) is 13.6. The topological polar surface area (TPSA) is 64.6 Å². The summed E-state index contributed by atoms with van der Waals surface area (Å²) < 4.78 is 45.5. The fourth-order valence-corrected chi connectivity index (χ4v) is 2.68. The maximum atomic E-state index is 12.0. The van der Waals surface area contributed by atoms with E-state index in [2.05, 4.69) is 10.1 Å². The number of rotatable bonds is 5. The van der Waals surface area contributed by atoms with Crippen molar-refractivity contribution in [2.75, 3.05) is 6.61 Å². The molecule has 0 unspecified atom stereocenters. The lowest BCUT2D eigenvalue weighted by Crippen LogP contribution is -2.39. The first-order valence-corrected chi connectivity index (χ1v) is 8.04. The molecule has 0 bridgehead atoms. The Morgan fingerprint density at radius 2 is 1.68 bits per heavy atom. The van der Waals surface area contributed by atoms with E-state index in [1.165, 1.54) is 0 Å². The number of ether oxygens (including phenoxy) is 2. The maximum absolute atomic E-state index is 12.0. The lowest BCUT2D eigenvalue weighted by molar-refractivity contribution is -0.189. The molecule has 0 radical (unpaired) electrons. The van der Waals surface area contributed by atoms with Crippen molar-refractivity contribution < 1.29 is 32.2 Å². The zero-order valence-corrected chi connectivity index (χ0v) is 13.6. The van der Waals surface area contributed by atoms with Crippen LogP contribution in [0.1, 0.15) is 31.2 Å². The van der Waals surface area contributed by atoms with Crippen molar-refractivity contribution in [3.05, 3.63) is 35.9 Å². The van der Waals surface area contributed by atoms with Crippen molar-refractivity contribution in [2.45, 2.75) is 44.5 Å². The summed E-state index contributed by atoms with van der Waals surface area (Å²) in [5.74, 6) is -1.39. The molecule has 0 atom stereocenters. The van der Waals surface area contributed by atoms with Crippen LogP contribution in [-0.4, -0.2) is 30.9 Å². The molecule has 1 aliphatic rings. The van der Waals surface area contributed by atoms with Gasteiger partial charge >= 0.3 is 18.2 Å². The number of halogens is 3. The SMILES string of the molecule is O=C(NC1CCC(C(=O)OCC(F)(F)F)CC1)OCc1ccccc1. The van der Waals surface area contributed by atoms with Crippen molar-refractivity contribution in [3.8, 4) is 0 Å². The van der Waals surface area contributed by atoms with E-state index in [1.807, 2.05) is 30.3 Å². The monoisotopic (exact) mass is 359 g/mol. The lowest BCUT2D eigenvalue weighted by atomic mass is 9.86. The number of nitrogens with one attached hydrogen (secondary N) is 1. The minimum atomic E-state index is -4.52. The Kier molecular flexibility index (Phi) is 6.66. The number of carbonyl (C=O) groups is 2. The quantitative estimate of drug-likeness (QED) is 0.816. The van der Waals surface area contributed by atoms with Gasteiger partial charge < -0.3 is 14.8 Å². The van der Waals surface area contributed by atoms with Crippen LogP contribution in [0.3, 0.4) is 0 Å². The van der Waals surface area contributed by atoms with Gasteiger partial charge in [0.15, 0.2) is 6.61 Å². The average Bonchev–Trinajstić information content (AvgIpc) is 2.59. The predicted molar refractivity (Wildman–Crippen MR) is 82.5 cm³/mol. The van der Waals surface area contributed by atoms with Crippen molar-refractivity contribution in [1.29, 1.82) is 0 Å². The first-order valence-electron chi connectivity index (χ1n) is 8.04. The molecule has 25 heavy (non-hydrogen) atoms. The van der Waals surface area contributed by atoms with E-state index in [4.69, 9.17) is 4.74 Å². The summed E-state index contributed by atoms with van der Waals surface area (Å²) in [7, 11) is 0. The minimum Gasteiger partial charge on any atom is -0.456 e. The minimum absolute atomic E-state index is 0.157. The molecule has 1 amide bonds. The Labute approximate surface area is 143 Å². The van der Waals surface area contributed by atoms with Crippen LogP contribution in [0.25, 0.3) is 0 Å². The van der Waals surface area contributed by atoms with Crippen LogP contribution in [-0.2, 0) is 20.9 Å². The molecule has 0 spiro atoms. The number of hydrogen-bond donors (Lipinski definition) is 1. The van der Waals surface area contributed by atoms with Crippen molar-refractivity contribution in [2.24, 2.45) is 5.92 Å². The highest BCUT2D eigenvalue weighted by molar-refractivity contribution is 5.72. The number of hydrogen-bond acceptors (Lipinski definition) is 4. The average molecular weight is 359 g/mol. The normalized spacial score (nSPS) is 20.6. The van der Waals surface area contributed by atoms with E-state index < -0.39 is 30.8 Å². The van der Waals surface area contributed by atoms with E-state index in [-0.39, 0.29) is 12.6 Å². The molecule has 0 aliphatic heterocycles. The molecule has 0 aromatic heterocycles. The molecular formula is C17H20F3NO4. The van der Waals surface area contributed by atoms with Crippen LogP contribution in [0.4, 0.5) is 18.0 Å². The predicted octanol–water partition coefficient (Wildman–Crippen LogP) is 3.58. The smallest absolute Gasteiger partial charge is 0.422 e. The Morgan fingerprint density at radius 1 is 1.04 bits per heavy atom. The summed E-state index contributed by atoms with van der Waals surface area (Å²) in [6.45, 7) is -1.40. The van der Waals surface area contributed by atoms with Gasteiger partial charge in [0.25, 0.3) is 0 Å². The summed E-state index contributed by atoms with van der Waals surface area (Å²) in [4.78, 5) is 23.4. The van der Waals surface area contributed by atoms with Gasteiger partial charge in [-0.15, -0.1) is 0 Å². The molecule has 1 aliphatic carbocycles. The fraction of sp³-hybridized carbons (Fsp3) is 0.529. The first-order chi connectivity index (χ1) is 11.8. The highest BCUT2D eigenvalue weighted by Gasteiger charge is 2.33. The number of alkyl halides is 3. The fourth-order valence-electron chi connectivity index (χ4n) is 2.68. The molecule has 1 fully saturated rings. The molecule has 5 nitrogen and oxygen atoms in total. The van der Waals surface area contributed by atoms with Gasteiger partial charge in [-0.2, -0.15) is 13.2 Å². The molecule has 0 heterocycles. The van der Waals surface area contributed by atoms with Crippen molar-refractivity contribution >= 4 is 12.1 Å². The zero-order chi connectivity index (χ0) is 18.3. The van der Waals surface area contributed by atoms with Gasteiger partial charge in [0.2, 0.25) is 0 Å². The van der Waals surface area contributed by atoms with Crippen LogP contribution in [0.2, 0.25) is 0 Å².